The molecule has 116 valence electrons. The maximum absolute atomic E-state index is 12.2. The van der Waals surface area contributed by atoms with Crippen LogP contribution in [0, 0.1) is 11.3 Å². The summed E-state index contributed by atoms with van der Waals surface area (Å²) in [6.07, 6.45) is 1.64. The smallest absolute Gasteiger partial charge is 0.316 e. The minimum Gasteiger partial charge on any atom is -0.481 e. The van der Waals surface area contributed by atoms with Crippen molar-refractivity contribution in [3.05, 3.63) is 35.9 Å². The number of carbonyl (C=O) groups excluding carboxylic acids is 1. The van der Waals surface area contributed by atoms with Gasteiger partial charge in [0.1, 0.15) is 5.92 Å². The van der Waals surface area contributed by atoms with Crippen molar-refractivity contribution in [1.82, 2.24) is 5.32 Å². The zero-order chi connectivity index (χ0) is 16.0. The standard InChI is InChI=1S/C17H25NO3/c1-12(10-11-13-8-6-5-7-9-13)18-15(19)14(16(20)21)17(2,3)4/h5-9,12,14H,10-11H2,1-4H3,(H,18,19)(H,20,21). The highest BCUT2D eigenvalue weighted by molar-refractivity contribution is 5.97. The Morgan fingerprint density at radius 1 is 1.19 bits per heavy atom. The maximum atomic E-state index is 12.2. The van der Waals surface area contributed by atoms with Gasteiger partial charge in [0.05, 0.1) is 0 Å². The molecule has 4 heteroatoms. The Balaban J connectivity index is 2.55. The Morgan fingerprint density at radius 2 is 1.76 bits per heavy atom. The number of carboxylic acid groups (broad SMARTS) is 1. The molecule has 0 aliphatic carbocycles. The Hall–Kier alpha value is -1.84. The van der Waals surface area contributed by atoms with Crippen LogP contribution in [0.5, 0.6) is 0 Å². The fraction of sp³-hybridized carbons (Fsp3) is 0.529. The van der Waals surface area contributed by atoms with Crippen LogP contribution < -0.4 is 5.32 Å². The second-order valence-corrected chi connectivity index (χ2v) is 6.57. The molecule has 0 aromatic heterocycles. The number of carboxylic acids is 1. The van der Waals surface area contributed by atoms with Gasteiger partial charge >= 0.3 is 5.97 Å². The first-order valence-electron chi connectivity index (χ1n) is 7.29. The van der Waals surface area contributed by atoms with Crippen LogP contribution in [0.1, 0.15) is 39.7 Å². The van der Waals surface area contributed by atoms with E-state index in [0.717, 1.165) is 12.8 Å². The van der Waals surface area contributed by atoms with Crippen LogP contribution in [0.15, 0.2) is 30.3 Å². The van der Waals surface area contributed by atoms with Crippen molar-refractivity contribution >= 4 is 11.9 Å². The highest BCUT2D eigenvalue weighted by atomic mass is 16.4. The molecule has 1 amide bonds. The van der Waals surface area contributed by atoms with Gasteiger partial charge < -0.3 is 10.4 Å². The Morgan fingerprint density at radius 3 is 2.24 bits per heavy atom. The van der Waals surface area contributed by atoms with Crippen LogP contribution in [0.3, 0.4) is 0 Å². The molecule has 4 nitrogen and oxygen atoms in total. The van der Waals surface area contributed by atoms with Crippen molar-refractivity contribution in [3.8, 4) is 0 Å². The van der Waals surface area contributed by atoms with Gasteiger partial charge in [0.25, 0.3) is 0 Å². The van der Waals surface area contributed by atoms with E-state index in [1.807, 2.05) is 37.3 Å². The summed E-state index contributed by atoms with van der Waals surface area (Å²) >= 11 is 0. The van der Waals surface area contributed by atoms with Gasteiger partial charge in [-0.15, -0.1) is 0 Å². The first kappa shape index (κ1) is 17.2. The molecule has 2 atom stereocenters. The van der Waals surface area contributed by atoms with Crippen LogP contribution in [0.2, 0.25) is 0 Å². The number of amides is 1. The van der Waals surface area contributed by atoms with Crippen molar-refractivity contribution in [2.24, 2.45) is 11.3 Å². The number of aryl methyl sites for hydroxylation is 1. The fourth-order valence-electron chi connectivity index (χ4n) is 2.30. The zero-order valence-corrected chi connectivity index (χ0v) is 13.2. The van der Waals surface area contributed by atoms with Gasteiger partial charge in [-0.05, 0) is 30.7 Å². The van der Waals surface area contributed by atoms with Crippen molar-refractivity contribution < 1.29 is 14.7 Å². The minimum atomic E-state index is -1.07. The van der Waals surface area contributed by atoms with E-state index in [4.69, 9.17) is 0 Å². The summed E-state index contributed by atoms with van der Waals surface area (Å²) in [6.45, 7) is 7.20. The molecule has 0 saturated carbocycles. The molecule has 1 aromatic rings. The van der Waals surface area contributed by atoms with E-state index in [1.165, 1.54) is 5.56 Å². The third kappa shape index (κ3) is 5.58. The van der Waals surface area contributed by atoms with Gasteiger partial charge in [-0.25, -0.2) is 0 Å². The lowest BCUT2D eigenvalue weighted by atomic mass is 9.80. The van der Waals surface area contributed by atoms with Gasteiger partial charge in [0.2, 0.25) is 5.91 Å². The third-order valence-corrected chi connectivity index (χ3v) is 3.47. The number of benzene rings is 1. The quantitative estimate of drug-likeness (QED) is 0.792. The number of aliphatic carboxylic acids is 1. The molecule has 0 saturated heterocycles. The lowest BCUT2D eigenvalue weighted by molar-refractivity contribution is -0.151. The highest BCUT2D eigenvalue weighted by Crippen LogP contribution is 2.26. The topological polar surface area (TPSA) is 66.4 Å². The summed E-state index contributed by atoms with van der Waals surface area (Å²) in [4.78, 5) is 23.4. The number of carbonyl (C=O) groups is 2. The van der Waals surface area contributed by atoms with Gasteiger partial charge in [-0.1, -0.05) is 51.1 Å². The molecule has 2 unspecified atom stereocenters. The Bertz CT molecular complexity index is 477. The van der Waals surface area contributed by atoms with Gasteiger partial charge in [-0.2, -0.15) is 0 Å². The number of hydrogen-bond acceptors (Lipinski definition) is 2. The Labute approximate surface area is 126 Å². The van der Waals surface area contributed by atoms with Crippen molar-refractivity contribution in [1.29, 1.82) is 0 Å². The van der Waals surface area contributed by atoms with Gasteiger partial charge in [0.15, 0.2) is 0 Å². The molecule has 2 N–H and O–H groups in total. The average molecular weight is 291 g/mol. The summed E-state index contributed by atoms with van der Waals surface area (Å²) < 4.78 is 0. The first-order valence-corrected chi connectivity index (χ1v) is 7.29. The average Bonchev–Trinajstić information content (AvgIpc) is 2.35. The lowest BCUT2D eigenvalue weighted by Gasteiger charge is -2.27. The van der Waals surface area contributed by atoms with Crippen LogP contribution in [-0.2, 0) is 16.0 Å². The molecule has 1 rings (SSSR count). The SMILES string of the molecule is CC(CCc1ccccc1)NC(=O)C(C(=O)O)C(C)(C)C. The van der Waals surface area contributed by atoms with Crippen molar-refractivity contribution in [3.63, 3.8) is 0 Å². The summed E-state index contributed by atoms with van der Waals surface area (Å²) in [5.41, 5.74) is 0.610. The third-order valence-electron chi connectivity index (χ3n) is 3.47. The molecule has 0 radical (unpaired) electrons. The van der Waals surface area contributed by atoms with Crippen molar-refractivity contribution in [2.45, 2.75) is 46.6 Å². The molecule has 0 aliphatic heterocycles. The monoisotopic (exact) mass is 291 g/mol. The van der Waals surface area contributed by atoms with E-state index in [9.17, 15) is 14.7 Å². The second-order valence-electron chi connectivity index (χ2n) is 6.57. The highest BCUT2D eigenvalue weighted by Gasteiger charge is 2.37. The largest absolute Gasteiger partial charge is 0.481 e. The summed E-state index contributed by atoms with van der Waals surface area (Å²) in [7, 11) is 0. The number of nitrogens with one attached hydrogen (secondary N) is 1. The number of rotatable bonds is 6. The normalized spacial score (nSPS) is 14.3. The molecule has 0 heterocycles. The fourth-order valence-corrected chi connectivity index (χ4v) is 2.30. The van der Waals surface area contributed by atoms with E-state index < -0.39 is 23.2 Å². The maximum Gasteiger partial charge on any atom is 0.316 e. The molecule has 0 bridgehead atoms. The van der Waals surface area contributed by atoms with Gasteiger partial charge in [-0.3, -0.25) is 9.59 Å². The van der Waals surface area contributed by atoms with Gasteiger partial charge in [0, 0.05) is 6.04 Å². The molecule has 0 aliphatic rings. The molecule has 1 aromatic carbocycles. The zero-order valence-electron chi connectivity index (χ0n) is 13.2. The van der Waals surface area contributed by atoms with Crippen LogP contribution >= 0.6 is 0 Å². The molecule has 0 fully saturated rings. The van der Waals surface area contributed by atoms with E-state index >= 15 is 0 Å². The molecule has 21 heavy (non-hydrogen) atoms. The van der Waals surface area contributed by atoms with E-state index in [2.05, 4.69) is 5.32 Å². The van der Waals surface area contributed by atoms with E-state index in [1.54, 1.807) is 20.8 Å². The summed E-state index contributed by atoms with van der Waals surface area (Å²) in [5.74, 6) is -2.51. The summed E-state index contributed by atoms with van der Waals surface area (Å²) in [5, 5.41) is 12.1. The van der Waals surface area contributed by atoms with E-state index in [-0.39, 0.29) is 6.04 Å². The van der Waals surface area contributed by atoms with Crippen LogP contribution in [-0.4, -0.2) is 23.0 Å². The molecular formula is C17H25NO3. The van der Waals surface area contributed by atoms with Crippen LogP contribution in [0.25, 0.3) is 0 Å². The molecular weight excluding hydrogens is 266 g/mol. The predicted octanol–water partition coefficient (Wildman–Crippen LogP) is 2.87. The summed E-state index contributed by atoms with van der Waals surface area (Å²) in [6, 6.07) is 9.97. The second kappa shape index (κ2) is 7.25. The predicted molar refractivity (Wildman–Crippen MR) is 82.9 cm³/mol. The minimum absolute atomic E-state index is 0.0538. The van der Waals surface area contributed by atoms with Crippen molar-refractivity contribution in [2.75, 3.05) is 0 Å². The Kier molecular flexibility index (Phi) is 5.94. The number of hydrogen-bond donors (Lipinski definition) is 2. The molecule has 0 spiro atoms. The lowest BCUT2D eigenvalue weighted by Crippen LogP contribution is -2.45. The van der Waals surface area contributed by atoms with E-state index in [0.29, 0.717) is 0 Å². The first-order chi connectivity index (χ1) is 9.71. The van der Waals surface area contributed by atoms with Crippen LogP contribution in [0.4, 0.5) is 0 Å².